The van der Waals surface area contributed by atoms with Crippen LogP contribution in [0.3, 0.4) is 0 Å². The SMILES string of the molecule is CCc1ccc2c(c1)[CH]CO2. The monoisotopic (exact) mass is 147 g/mol. The molecule has 0 atom stereocenters. The number of aryl methyl sites for hydroxylation is 1. The topological polar surface area (TPSA) is 9.23 Å². The summed E-state index contributed by atoms with van der Waals surface area (Å²) in [5.41, 5.74) is 2.63. The molecule has 0 fully saturated rings. The van der Waals surface area contributed by atoms with Crippen molar-refractivity contribution in [1.29, 1.82) is 0 Å². The van der Waals surface area contributed by atoms with E-state index in [0.717, 1.165) is 18.8 Å². The Labute approximate surface area is 67.0 Å². The molecule has 57 valence electrons. The molecule has 1 heteroatoms. The molecular weight excluding hydrogens is 136 g/mol. The predicted octanol–water partition coefficient (Wildman–Crippen LogP) is 2.19. The summed E-state index contributed by atoms with van der Waals surface area (Å²) in [6, 6.07) is 6.37. The maximum absolute atomic E-state index is 5.34. The van der Waals surface area contributed by atoms with Crippen LogP contribution in [-0.4, -0.2) is 6.61 Å². The molecule has 0 amide bonds. The minimum atomic E-state index is 0.739. The zero-order valence-corrected chi connectivity index (χ0v) is 6.63. The standard InChI is InChI=1S/C10H11O/c1-2-8-3-4-10-9(7-8)5-6-11-10/h3-5,7H,2,6H2,1H3. The third-order valence-corrected chi connectivity index (χ3v) is 2.02. The van der Waals surface area contributed by atoms with E-state index in [0.29, 0.717) is 0 Å². The van der Waals surface area contributed by atoms with Crippen LogP contribution in [0.2, 0.25) is 0 Å². The summed E-state index contributed by atoms with van der Waals surface area (Å²) in [7, 11) is 0. The van der Waals surface area contributed by atoms with Crippen molar-refractivity contribution in [3.63, 3.8) is 0 Å². The molecule has 0 unspecified atom stereocenters. The fraction of sp³-hybridized carbons (Fsp3) is 0.300. The van der Waals surface area contributed by atoms with Crippen molar-refractivity contribution in [3.8, 4) is 5.75 Å². The lowest BCUT2D eigenvalue weighted by Crippen LogP contribution is -1.84. The van der Waals surface area contributed by atoms with Crippen LogP contribution in [0, 0.1) is 6.42 Å². The van der Waals surface area contributed by atoms with Gasteiger partial charge in [0, 0.05) is 12.0 Å². The van der Waals surface area contributed by atoms with Gasteiger partial charge < -0.3 is 4.74 Å². The minimum absolute atomic E-state index is 0.739. The summed E-state index contributed by atoms with van der Waals surface area (Å²) in [4.78, 5) is 0. The summed E-state index contributed by atoms with van der Waals surface area (Å²) >= 11 is 0. The molecule has 0 N–H and O–H groups in total. The van der Waals surface area contributed by atoms with E-state index in [1.165, 1.54) is 11.1 Å². The number of hydrogen-bond acceptors (Lipinski definition) is 1. The fourth-order valence-electron chi connectivity index (χ4n) is 1.33. The van der Waals surface area contributed by atoms with Crippen LogP contribution < -0.4 is 4.74 Å². The van der Waals surface area contributed by atoms with E-state index >= 15 is 0 Å². The van der Waals surface area contributed by atoms with Crippen LogP contribution in [0.4, 0.5) is 0 Å². The van der Waals surface area contributed by atoms with Crippen molar-refractivity contribution >= 4 is 0 Å². The summed E-state index contributed by atoms with van der Waals surface area (Å²) in [6.07, 6.45) is 3.22. The average molecular weight is 147 g/mol. The number of ether oxygens (including phenoxy) is 1. The molecule has 1 nitrogen and oxygen atoms in total. The van der Waals surface area contributed by atoms with Gasteiger partial charge in [0.15, 0.2) is 0 Å². The lowest BCUT2D eigenvalue weighted by Gasteiger charge is -1.99. The molecule has 0 spiro atoms. The second-order valence-corrected chi connectivity index (χ2v) is 2.74. The van der Waals surface area contributed by atoms with Crippen LogP contribution in [0.25, 0.3) is 0 Å². The van der Waals surface area contributed by atoms with Crippen LogP contribution in [0.1, 0.15) is 18.1 Å². The first-order valence-electron chi connectivity index (χ1n) is 3.99. The Balaban J connectivity index is 2.41. The Kier molecular flexibility index (Phi) is 1.57. The van der Waals surface area contributed by atoms with Crippen molar-refractivity contribution in [2.75, 3.05) is 6.61 Å². The van der Waals surface area contributed by atoms with E-state index in [4.69, 9.17) is 4.74 Å². The quantitative estimate of drug-likeness (QED) is 0.591. The van der Waals surface area contributed by atoms with E-state index in [9.17, 15) is 0 Å². The Morgan fingerprint density at radius 3 is 3.18 bits per heavy atom. The van der Waals surface area contributed by atoms with Crippen LogP contribution in [-0.2, 0) is 6.42 Å². The van der Waals surface area contributed by atoms with Crippen molar-refractivity contribution in [3.05, 3.63) is 35.7 Å². The van der Waals surface area contributed by atoms with Gasteiger partial charge in [0.1, 0.15) is 5.75 Å². The summed E-state index contributed by atoms with van der Waals surface area (Å²) < 4.78 is 5.34. The van der Waals surface area contributed by atoms with Gasteiger partial charge >= 0.3 is 0 Å². The fourth-order valence-corrected chi connectivity index (χ4v) is 1.33. The predicted molar refractivity (Wildman–Crippen MR) is 44.7 cm³/mol. The smallest absolute Gasteiger partial charge is 0.122 e. The van der Waals surface area contributed by atoms with Crippen molar-refractivity contribution in [2.45, 2.75) is 13.3 Å². The molecule has 0 bridgehead atoms. The van der Waals surface area contributed by atoms with Crippen molar-refractivity contribution in [1.82, 2.24) is 0 Å². The highest BCUT2D eigenvalue weighted by Gasteiger charge is 2.11. The third-order valence-electron chi connectivity index (χ3n) is 2.02. The molecule has 1 aliphatic heterocycles. The molecule has 11 heavy (non-hydrogen) atoms. The van der Waals surface area contributed by atoms with Gasteiger partial charge in [-0.15, -0.1) is 0 Å². The lowest BCUT2D eigenvalue weighted by molar-refractivity contribution is 0.377. The first-order valence-corrected chi connectivity index (χ1v) is 3.99. The van der Waals surface area contributed by atoms with Gasteiger partial charge in [-0.3, -0.25) is 0 Å². The van der Waals surface area contributed by atoms with Gasteiger partial charge in [-0.2, -0.15) is 0 Å². The maximum atomic E-state index is 5.34. The van der Waals surface area contributed by atoms with E-state index in [2.05, 4.69) is 31.5 Å². The molecule has 1 aromatic carbocycles. The van der Waals surface area contributed by atoms with Crippen LogP contribution >= 0.6 is 0 Å². The first kappa shape index (κ1) is 6.71. The van der Waals surface area contributed by atoms with E-state index in [1.807, 2.05) is 0 Å². The highest BCUT2D eigenvalue weighted by molar-refractivity contribution is 5.44. The molecule has 2 rings (SSSR count). The Morgan fingerprint density at radius 2 is 2.36 bits per heavy atom. The highest BCUT2D eigenvalue weighted by Crippen LogP contribution is 2.26. The normalized spacial score (nSPS) is 14.3. The minimum Gasteiger partial charge on any atom is -0.493 e. The molecule has 0 saturated carbocycles. The maximum Gasteiger partial charge on any atom is 0.122 e. The molecule has 0 saturated heterocycles. The number of rotatable bonds is 1. The Hall–Kier alpha value is -0.980. The van der Waals surface area contributed by atoms with Crippen molar-refractivity contribution in [2.24, 2.45) is 0 Å². The van der Waals surface area contributed by atoms with E-state index < -0.39 is 0 Å². The van der Waals surface area contributed by atoms with Gasteiger partial charge in [-0.05, 0) is 18.1 Å². The van der Waals surface area contributed by atoms with Gasteiger partial charge in [0.2, 0.25) is 0 Å². The average Bonchev–Trinajstić information content (AvgIpc) is 2.50. The highest BCUT2D eigenvalue weighted by atomic mass is 16.5. The largest absolute Gasteiger partial charge is 0.493 e. The zero-order chi connectivity index (χ0) is 7.68. The second kappa shape index (κ2) is 2.57. The molecule has 0 aromatic heterocycles. The summed E-state index contributed by atoms with van der Waals surface area (Å²) in [5.74, 6) is 1.03. The van der Waals surface area contributed by atoms with Crippen LogP contribution in [0.15, 0.2) is 18.2 Å². The number of benzene rings is 1. The van der Waals surface area contributed by atoms with Crippen LogP contribution in [0.5, 0.6) is 5.75 Å². The zero-order valence-electron chi connectivity index (χ0n) is 6.63. The molecular formula is C10H11O. The first-order chi connectivity index (χ1) is 5.40. The Bertz CT molecular complexity index is 266. The number of fused-ring (bicyclic) bond motifs is 1. The van der Waals surface area contributed by atoms with Gasteiger partial charge in [-0.25, -0.2) is 0 Å². The molecule has 1 heterocycles. The molecule has 1 aliphatic rings. The van der Waals surface area contributed by atoms with Gasteiger partial charge in [-0.1, -0.05) is 19.1 Å². The van der Waals surface area contributed by atoms with Crippen molar-refractivity contribution < 1.29 is 4.74 Å². The van der Waals surface area contributed by atoms with Gasteiger partial charge in [0.25, 0.3) is 0 Å². The third kappa shape index (κ3) is 1.11. The summed E-state index contributed by atoms with van der Waals surface area (Å²) in [6.45, 7) is 2.90. The molecule has 1 aromatic rings. The Morgan fingerprint density at radius 1 is 1.45 bits per heavy atom. The summed E-state index contributed by atoms with van der Waals surface area (Å²) in [5, 5.41) is 0. The van der Waals surface area contributed by atoms with E-state index in [-0.39, 0.29) is 0 Å². The molecule has 0 aliphatic carbocycles. The second-order valence-electron chi connectivity index (χ2n) is 2.74. The molecule has 1 radical (unpaired) electrons. The van der Waals surface area contributed by atoms with Gasteiger partial charge in [0.05, 0.1) is 6.61 Å². The number of hydrogen-bond donors (Lipinski definition) is 0. The lowest BCUT2D eigenvalue weighted by atomic mass is 10.1. The van der Waals surface area contributed by atoms with E-state index in [1.54, 1.807) is 0 Å².